The Morgan fingerprint density at radius 1 is 1.00 bits per heavy atom. The van der Waals surface area contributed by atoms with E-state index in [0.29, 0.717) is 17.4 Å². The minimum atomic E-state index is 0.514. The van der Waals surface area contributed by atoms with E-state index in [1.54, 1.807) is 21.3 Å². The Hall–Kier alpha value is -1.99. The predicted molar refractivity (Wildman–Crippen MR) is 108 cm³/mol. The first-order valence-electron chi connectivity index (χ1n) is 7.66. The zero-order chi connectivity index (χ0) is 18.2. The zero-order valence-corrected chi connectivity index (χ0v) is 16.8. The lowest BCUT2D eigenvalue weighted by Gasteiger charge is -2.15. The lowest BCUT2D eigenvalue weighted by molar-refractivity contribution is 0.405. The maximum absolute atomic E-state index is 5.38. The van der Waals surface area contributed by atoms with Gasteiger partial charge in [0.1, 0.15) is 17.2 Å². The van der Waals surface area contributed by atoms with Gasteiger partial charge in [0.15, 0.2) is 5.11 Å². The Kier molecular flexibility index (Phi) is 7.33. The van der Waals surface area contributed by atoms with Crippen molar-refractivity contribution in [2.45, 2.75) is 6.42 Å². The molecule has 25 heavy (non-hydrogen) atoms. The highest BCUT2D eigenvalue weighted by molar-refractivity contribution is 9.10. The van der Waals surface area contributed by atoms with Crippen molar-refractivity contribution in [2.24, 2.45) is 0 Å². The summed E-state index contributed by atoms with van der Waals surface area (Å²) in [5.41, 5.74) is 1.85. The van der Waals surface area contributed by atoms with E-state index < -0.39 is 0 Å². The van der Waals surface area contributed by atoms with Crippen LogP contribution in [0.25, 0.3) is 0 Å². The molecule has 5 nitrogen and oxygen atoms in total. The number of halogens is 1. The standard InChI is InChI=1S/C18H21BrN2O3S/c1-22-14-5-7-17(24-3)15(11-14)21-18(25)20-9-8-12-10-13(19)4-6-16(12)23-2/h4-7,10-11H,8-9H2,1-3H3,(H2,20,21,25). The van der Waals surface area contributed by atoms with Crippen LogP contribution in [0, 0.1) is 0 Å². The van der Waals surface area contributed by atoms with E-state index in [9.17, 15) is 0 Å². The van der Waals surface area contributed by atoms with Crippen molar-refractivity contribution < 1.29 is 14.2 Å². The number of methoxy groups -OCH3 is 3. The highest BCUT2D eigenvalue weighted by Crippen LogP contribution is 2.28. The molecule has 0 aromatic heterocycles. The molecule has 2 aromatic carbocycles. The van der Waals surface area contributed by atoms with Crippen molar-refractivity contribution >= 4 is 38.9 Å². The fourth-order valence-corrected chi connectivity index (χ4v) is 2.95. The number of nitrogens with one attached hydrogen (secondary N) is 2. The number of benzene rings is 2. The van der Waals surface area contributed by atoms with E-state index in [1.807, 2.05) is 36.4 Å². The minimum absolute atomic E-state index is 0.514. The van der Waals surface area contributed by atoms with Gasteiger partial charge < -0.3 is 24.8 Å². The SMILES string of the molecule is COc1ccc(OC)c(NC(=S)NCCc2cc(Br)ccc2OC)c1. The lowest BCUT2D eigenvalue weighted by atomic mass is 10.1. The van der Waals surface area contributed by atoms with Gasteiger partial charge in [-0.2, -0.15) is 0 Å². The van der Waals surface area contributed by atoms with Crippen molar-refractivity contribution in [3.8, 4) is 17.2 Å². The van der Waals surface area contributed by atoms with E-state index in [1.165, 1.54) is 0 Å². The first-order chi connectivity index (χ1) is 12.1. The van der Waals surface area contributed by atoms with Crippen molar-refractivity contribution in [2.75, 3.05) is 33.2 Å². The van der Waals surface area contributed by atoms with Gasteiger partial charge in [-0.3, -0.25) is 0 Å². The molecule has 134 valence electrons. The summed E-state index contributed by atoms with van der Waals surface area (Å²) in [5.74, 6) is 2.28. The normalized spacial score (nSPS) is 10.1. The van der Waals surface area contributed by atoms with E-state index in [4.69, 9.17) is 26.4 Å². The van der Waals surface area contributed by atoms with Gasteiger partial charge in [0.05, 0.1) is 27.0 Å². The van der Waals surface area contributed by atoms with Gasteiger partial charge >= 0.3 is 0 Å². The predicted octanol–water partition coefficient (Wildman–Crippen LogP) is 4.00. The Balaban J connectivity index is 1.94. The fraction of sp³-hybridized carbons (Fsp3) is 0.278. The number of ether oxygens (including phenoxy) is 3. The largest absolute Gasteiger partial charge is 0.497 e. The van der Waals surface area contributed by atoms with Gasteiger partial charge in [-0.05, 0) is 54.5 Å². The second-order valence-electron chi connectivity index (χ2n) is 5.15. The molecule has 0 aliphatic heterocycles. The summed E-state index contributed by atoms with van der Waals surface area (Å²) in [6.07, 6.45) is 0.777. The molecule has 0 aliphatic carbocycles. The van der Waals surface area contributed by atoms with Crippen molar-refractivity contribution in [3.05, 3.63) is 46.4 Å². The first kappa shape index (κ1) is 19.3. The van der Waals surface area contributed by atoms with Gasteiger partial charge in [-0.25, -0.2) is 0 Å². The second kappa shape index (κ2) is 9.48. The van der Waals surface area contributed by atoms with E-state index in [2.05, 4.69) is 26.6 Å². The quantitative estimate of drug-likeness (QED) is 0.654. The number of hydrogen-bond donors (Lipinski definition) is 2. The Morgan fingerprint density at radius 2 is 1.72 bits per heavy atom. The molecule has 7 heteroatoms. The number of thiocarbonyl (C=S) groups is 1. The average molecular weight is 425 g/mol. The summed E-state index contributed by atoms with van der Waals surface area (Å²) in [6, 6.07) is 11.4. The molecule has 0 saturated heterocycles. The molecule has 0 aliphatic rings. The van der Waals surface area contributed by atoms with Crippen LogP contribution in [-0.2, 0) is 6.42 Å². The fourth-order valence-electron chi connectivity index (χ4n) is 2.33. The van der Waals surface area contributed by atoms with Crippen LogP contribution in [0.5, 0.6) is 17.2 Å². The van der Waals surface area contributed by atoms with E-state index in [-0.39, 0.29) is 0 Å². The third kappa shape index (κ3) is 5.51. The molecule has 0 fully saturated rings. The van der Waals surface area contributed by atoms with Crippen LogP contribution >= 0.6 is 28.1 Å². The van der Waals surface area contributed by atoms with Crippen LogP contribution in [0.2, 0.25) is 0 Å². The summed E-state index contributed by atoms with van der Waals surface area (Å²) >= 11 is 8.85. The lowest BCUT2D eigenvalue weighted by Crippen LogP contribution is -2.30. The highest BCUT2D eigenvalue weighted by atomic mass is 79.9. The molecule has 0 unspecified atom stereocenters. The smallest absolute Gasteiger partial charge is 0.170 e. The Labute approximate surface area is 161 Å². The maximum atomic E-state index is 5.38. The number of hydrogen-bond acceptors (Lipinski definition) is 4. The molecule has 2 rings (SSSR count). The van der Waals surface area contributed by atoms with Crippen LogP contribution in [0.3, 0.4) is 0 Å². The molecule has 0 spiro atoms. The van der Waals surface area contributed by atoms with Crippen LogP contribution in [0.4, 0.5) is 5.69 Å². The molecule has 0 bridgehead atoms. The monoisotopic (exact) mass is 424 g/mol. The van der Waals surface area contributed by atoms with Crippen LogP contribution in [-0.4, -0.2) is 33.0 Å². The molecule has 0 atom stereocenters. The van der Waals surface area contributed by atoms with Crippen molar-refractivity contribution in [1.29, 1.82) is 0 Å². The minimum Gasteiger partial charge on any atom is -0.497 e. The topological polar surface area (TPSA) is 51.8 Å². The Bertz CT molecular complexity index is 740. The second-order valence-corrected chi connectivity index (χ2v) is 6.48. The molecular weight excluding hydrogens is 404 g/mol. The van der Waals surface area contributed by atoms with Gasteiger partial charge in [-0.1, -0.05) is 15.9 Å². The van der Waals surface area contributed by atoms with Crippen LogP contribution in [0.15, 0.2) is 40.9 Å². The van der Waals surface area contributed by atoms with Crippen LogP contribution < -0.4 is 24.8 Å². The number of rotatable bonds is 7. The Morgan fingerprint density at radius 3 is 2.40 bits per heavy atom. The summed E-state index contributed by atoms with van der Waals surface area (Å²) < 4.78 is 17.0. The summed E-state index contributed by atoms with van der Waals surface area (Å²) in [4.78, 5) is 0. The molecular formula is C18H21BrN2O3S. The molecule has 0 saturated carbocycles. The summed E-state index contributed by atoms with van der Waals surface area (Å²) in [5, 5.41) is 6.84. The molecule has 2 aromatic rings. The number of anilines is 1. The van der Waals surface area contributed by atoms with E-state index >= 15 is 0 Å². The average Bonchev–Trinajstić information content (AvgIpc) is 2.61. The van der Waals surface area contributed by atoms with Gasteiger partial charge in [0.25, 0.3) is 0 Å². The first-order valence-corrected chi connectivity index (χ1v) is 8.86. The molecule has 0 amide bonds. The summed E-state index contributed by atoms with van der Waals surface area (Å²) in [6.45, 7) is 0.672. The molecule has 0 heterocycles. The van der Waals surface area contributed by atoms with Crippen molar-refractivity contribution in [3.63, 3.8) is 0 Å². The van der Waals surface area contributed by atoms with Crippen LogP contribution in [0.1, 0.15) is 5.56 Å². The molecule has 0 radical (unpaired) electrons. The van der Waals surface area contributed by atoms with E-state index in [0.717, 1.165) is 33.6 Å². The van der Waals surface area contributed by atoms with Crippen molar-refractivity contribution in [1.82, 2.24) is 5.32 Å². The van der Waals surface area contributed by atoms with Gasteiger partial charge in [0.2, 0.25) is 0 Å². The maximum Gasteiger partial charge on any atom is 0.170 e. The highest BCUT2D eigenvalue weighted by Gasteiger charge is 2.08. The summed E-state index contributed by atoms with van der Waals surface area (Å²) in [7, 11) is 4.90. The third-order valence-electron chi connectivity index (χ3n) is 3.58. The zero-order valence-electron chi connectivity index (χ0n) is 14.4. The third-order valence-corrected chi connectivity index (χ3v) is 4.32. The van der Waals surface area contributed by atoms with Gasteiger partial charge in [-0.15, -0.1) is 0 Å². The van der Waals surface area contributed by atoms with Gasteiger partial charge in [0, 0.05) is 17.1 Å². The molecule has 2 N–H and O–H groups in total.